The highest BCUT2D eigenvalue weighted by molar-refractivity contribution is 6.08. The molecule has 0 aliphatic carbocycles. The van der Waals surface area contributed by atoms with Gasteiger partial charge >= 0.3 is 0 Å². The Morgan fingerprint density at radius 1 is 1.29 bits per heavy atom. The molecule has 0 aliphatic rings. The van der Waals surface area contributed by atoms with Crippen LogP contribution in [0.1, 0.15) is 40.6 Å². The molecule has 1 aromatic heterocycles. The number of carbonyl (C=O) groups is 1. The Hall–Kier alpha value is -1.83. The molecule has 0 amide bonds. The molecule has 0 saturated carbocycles. The largest absolute Gasteiger partial charge is 0.461 e. The molecule has 1 aromatic carbocycles. The van der Waals surface area contributed by atoms with Gasteiger partial charge in [-0.2, -0.15) is 0 Å². The second-order valence-corrected chi connectivity index (χ2v) is 4.21. The summed E-state index contributed by atoms with van der Waals surface area (Å²) in [6, 6.07) is 9.58. The number of hydrogen-bond acceptors (Lipinski definition) is 2. The van der Waals surface area contributed by atoms with E-state index in [4.69, 9.17) is 4.42 Å². The van der Waals surface area contributed by atoms with Crippen molar-refractivity contribution in [3.63, 3.8) is 0 Å². The van der Waals surface area contributed by atoms with Crippen LogP contribution in [0.4, 0.5) is 0 Å². The summed E-state index contributed by atoms with van der Waals surface area (Å²) < 4.78 is 5.23. The monoisotopic (exact) mass is 228 g/mol. The summed E-state index contributed by atoms with van der Waals surface area (Å²) in [7, 11) is 0. The normalized spacial score (nSPS) is 10.5. The van der Waals surface area contributed by atoms with E-state index >= 15 is 0 Å². The lowest BCUT2D eigenvalue weighted by atomic mass is 10.0. The molecule has 0 spiro atoms. The van der Waals surface area contributed by atoms with Crippen molar-refractivity contribution in [1.82, 2.24) is 0 Å². The van der Waals surface area contributed by atoms with E-state index in [0.717, 1.165) is 18.4 Å². The van der Waals surface area contributed by atoms with Crippen molar-refractivity contribution in [1.29, 1.82) is 0 Å². The summed E-state index contributed by atoms with van der Waals surface area (Å²) in [5.74, 6) is 0.407. The molecule has 2 nitrogen and oxygen atoms in total. The van der Waals surface area contributed by atoms with Gasteiger partial charge < -0.3 is 4.42 Å². The Morgan fingerprint density at radius 3 is 2.76 bits per heavy atom. The average molecular weight is 228 g/mol. The van der Waals surface area contributed by atoms with Gasteiger partial charge in [0.05, 0.1) is 6.26 Å². The van der Waals surface area contributed by atoms with E-state index in [2.05, 4.69) is 13.0 Å². The van der Waals surface area contributed by atoms with Crippen molar-refractivity contribution in [3.8, 4) is 0 Å². The summed E-state index contributed by atoms with van der Waals surface area (Å²) in [4.78, 5) is 12.2. The van der Waals surface area contributed by atoms with Crippen LogP contribution in [0.3, 0.4) is 0 Å². The van der Waals surface area contributed by atoms with Crippen LogP contribution in [0.25, 0.3) is 0 Å². The van der Waals surface area contributed by atoms with E-state index < -0.39 is 0 Å². The summed E-state index contributed by atoms with van der Waals surface area (Å²) >= 11 is 0. The Morgan fingerprint density at radius 2 is 2.12 bits per heavy atom. The topological polar surface area (TPSA) is 30.2 Å². The second-order valence-electron chi connectivity index (χ2n) is 4.21. The highest BCUT2D eigenvalue weighted by atomic mass is 16.3. The van der Waals surface area contributed by atoms with Crippen LogP contribution in [-0.4, -0.2) is 5.78 Å². The van der Waals surface area contributed by atoms with Crippen LogP contribution >= 0.6 is 0 Å². The quantitative estimate of drug-likeness (QED) is 0.745. The van der Waals surface area contributed by atoms with Gasteiger partial charge in [-0.1, -0.05) is 31.5 Å². The van der Waals surface area contributed by atoms with Crippen molar-refractivity contribution in [2.45, 2.75) is 26.7 Å². The second kappa shape index (κ2) is 5.00. The van der Waals surface area contributed by atoms with E-state index in [9.17, 15) is 4.79 Å². The van der Waals surface area contributed by atoms with Gasteiger partial charge in [0.1, 0.15) is 0 Å². The first-order chi connectivity index (χ1) is 8.22. The zero-order chi connectivity index (χ0) is 12.3. The molecule has 88 valence electrons. The Bertz CT molecular complexity index is 523. The van der Waals surface area contributed by atoms with Gasteiger partial charge in [0, 0.05) is 5.56 Å². The standard InChI is InChI=1S/C15H16O2/c1-3-5-12-6-4-7-13(10-12)14(16)15-11(2)8-9-17-15/h4,6-10H,3,5H2,1-2H3. The molecule has 2 rings (SSSR count). The minimum absolute atomic E-state index is 0.0366. The molecule has 0 fully saturated rings. The summed E-state index contributed by atoms with van der Waals surface area (Å²) in [6.45, 7) is 4.01. The molecular weight excluding hydrogens is 212 g/mol. The Labute approximate surface area is 101 Å². The van der Waals surface area contributed by atoms with Gasteiger partial charge in [0.25, 0.3) is 0 Å². The third-order valence-corrected chi connectivity index (χ3v) is 2.80. The van der Waals surface area contributed by atoms with Crippen LogP contribution in [-0.2, 0) is 6.42 Å². The predicted octanol–water partition coefficient (Wildman–Crippen LogP) is 3.77. The SMILES string of the molecule is CCCc1cccc(C(=O)c2occc2C)c1. The van der Waals surface area contributed by atoms with E-state index in [0.29, 0.717) is 11.3 Å². The lowest BCUT2D eigenvalue weighted by Gasteiger charge is -2.02. The van der Waals surface area contributed by atoms with Gasteiger partial charge in [-0.05, 0) is 36.6 Å². The molecule has 0 radical (unpaired) electrons. The number of rotatable bonds is 4. The molecule has 17 heavy (non-hydrogen) atoms. The maximum Gasteiger partial charge on any atom is 0.228 e. The zero-order valence-electron chi connectivity index (χ0n) is 10.2. The first-order valence-corrected chi connectivity index (χ1v) is 5.90. The van der Waals surface area contributed by atoms with Crippen LogP contribution in [0.5, 0.6) is 0 Å². The highest BCUT2D eigenvalue weighted by Gasteiger charge is 2.14. The molecule has 0 bridgehead atoms. The maximum absolute atomic E-state index is 12.2. The fraction of sp³-hybridized carbons (Fsp3) is 0.267. The number of aryl methyl sites for hydroxylation is 2. The smallest absolute Gasteiger partial charge is 0.228 e. The molecule has 0 aliphatic heterocycles. The van der Waals surface area contributed by atoms with Gasteiger partial charge in [-0.25, -0.2) is 0 Å². The summed E-state index contributed by atoms with van der Waals surface area (Å²) in [5, 5.41) is 0. The van der Waals surface area contributed by atoms with Crippen molar-refractivity contribution < 1.29 is 9.21 Å². The zero-order valence-corrected chi connectivity index (χ0v) is 10.2. The molecule has 0 N–H and O–H groups in total. The third kappa shape index (κ3) is 2.47. The van der Waals surface area contributed by atoms with E-state index in [1.807, 2.05) is 31.2 Å². The number of ketones is 1. The fourth-order valence-electron chi connectivity index (χ4n) is 1.89. The van der Waals surface area contributed by atoms with E-state index in [1.165, 1.54) is 5.56 Å². The van der Waals surface area contributed by atoms with Crippen molar-refractivity contribution in [2.24, 2.45) is 0 Å². The average Bonchev–Trinajstić information content (AvgIpc) is 2.75. The number of hydrogen-bond donors (Lipinski definition) is 0. The number of furan rings is 1. The minimum atomic E-state index is -0.0366. The van der Waals surface area contributed by atoms with Crippen LogP contribution in [0.2, 0.25) is 0 Å². The molecule has 1 heterocycles. The fourth-order valence-corrected chi connectivity index (χ4v) is 1.89. The minimum Gasteiger partial charge on any atom is -0.461 e. The van der Waals surface area contributed by atoms with Crippen LogP contribution in [0, 0.1) is 6.92 Å². The summed E-state index contributed by atoms with van der Waals surface area (Å²) in [6.07, 6.45) is 3.63. The number of carbonyl (C=O) groups excluding carboxylic acids is 1. The molecule has 2 aromatic rings. The molecule has 0 saturated heterocycles. The first-order valence-electron chi connectivity index (χ1n) is 5.90. The Kier molecular flexibility index (Phi) is 3.43. The molecule has 2 heteroatoms. The third-order valence-electron chi connectivity index (χ3n) is 2.80. The predicted molar refractivity (Wildman–Crippen MR) is 67.3 cm³/mol. The van der Waals surface area contributed by atoms with E-state index in [1.54, 1.807) is 6.26 Å². The molecular formula is C15H16O2. The summed E-state index contributed by atoms with van der Waals surface area (Å²) in [5.41, 5.74) is 2.78. The van der Waals surface area contributed by atoms with Crippen LogP contribution in [0.15, 0.2) is 41.0 Å². The van der Waals surface area contributed by atoms with Gasteiger partial charge in [-0.15, -0.1) is 0 Å². The maximum atomic E-state index is 12.2. The first kappa shape index (κ1) is 11.6. The van der Waals surface area contributed by atoms with Crippen molar-refractivity contribution >= 4 is 5.78 Å². The lowest BCUT2D eigenvalue weighted by Crippen LogP contribution is -2.02. The van der Waals surface area contributed by atoms with Crippen molar-refractivity contribution in [2.75, 3.05) is 0 Å². The van der Waals surface area contributed by atoms with E-state index in [-0.39, 0.29) is 5.78 Å². The van der Waals surface area contributed by atoms with Gasteiger partial charge in [0.15, 0.2) is 5.76 Å². The molecule has 0 unspecified atom stereocenters. The highest BCUT2D eigenvalue weighted by Crippen LogP contribution is 2.16. The van der Waals surface area contributed by atoms with Crippen LogP contribution < -0.4 is 0 Å². The molecule has 0 atom stereocenters. The van der Waals surface area contributed by atoms with Gasteiger partial charge in [0.2, 0.25) is 5.78 Å². The van der Waals surface area contributed by atoms with Crippen molar-refractivity contribution in [3.05, 3.63) is 59.0 Å². The lowest BCUT2D eigenvalue weighted by molar-refractivity contribution is 0.101. The van der Waals surface area contributed by atoms with Gasteiger partial charge in [-0.3, -0.25) is 4.79 Å². The number of benzene rings is 1. The Balaban J connectivity index is 2.31.